The van der Waals surface area contributed by atoms with Crippen LogP contribution in [-0.4, -0.2) is 15.8 Å². The Morgan fingerprint density at radius 2 is 2.06 bits per heavy atom. The molecule has 5 nitrogen and oxygen atoms in total. The third-order valence-corrected chi connectivity index (χ3v) is 2.08. The van der Waals surface area contributed by atoms with Gasteiger partial charge in [-0.3, -0.25) is 0 Å². The van der Waals surface area contributed by atoms with Crippen LogP contribution in [-0.2, 0) is 0 Å². The van der Waals surface area contributed by atoms with Crippen LogP contribution in [0.4, 0.5) is 16.3 Å². The largest absolute Gasteiger partial charge is 0.383 e. The summed E-state index contributed by atoms with van der Waals surface area (Å²) < 4.78 is 1.14. The summed E-state index contributed by atoms with van der Waals surface area (Å²) in [6.07, 6.45) is 0. The summed E-state index contributed by atoms with van der Waals surface area (Å²) in [6.45, 7) is 1.78. The predicted octanol–water partition coefficient (Wildman–Crippen LogP) is 1.85. The Morgan fingerprint density at radius 3 is 2.62 bits per heavy atom. The van der Waals surface area contributed by atoms with E-state index in [1.54, 1.807) is 25.1 Å². The number of aryl methyl sites for hydroxylation is 1. The van der Waals surface area contributed by atoms with Crippen LogP contribution >= 0.6 is 0 Å². The maximum absolute atomic E-state index is 11.8. The molecule has 0 saturated heterocycles. The number of rotatable bonds is 1. The number of aromatic nitrogens is 2. The van der Waals surface area contributed by atoms with Crippen LogP contribution in [0.5, 0.6) is 0 Å². The zero-order chi connectivity index (χ0) is 11.5. The van der Waals surface area contributed by atoms with Gasteiger partial charge >= 0.3 is 6.03 Å². The van der Waals surface area contributed by atoms with Crippen molar-refractivity contribution in [3.8, 4) is 0 Å². The van der Waals surface area contributed by atoms with E-state index in [-0.39, 0.29) is 6.03 Å². The van der Waals surface area contributed by atoms with Gasteiger partial charge in [0.05, 0.1) is 5.69 Å². The van der Waals surface area contributed by atoms with Gasteiger partial charge < -0.3 is 11.1 Å². The van der Waals surface area contributed by atoms with Crippen molar-refractivity contribution in [3.63, 3.8) is 0 Å². The van der Waals surface area contributed by atoms with Crippen molar-refractivity contribution in [2.45, 2.75) is 6.92 Å². The average Bonchev–Trinajstić information content (AvgIpc) is 2.59. The molecule has 3 N–H and O–H groups in total. The number of nitrogens with two attached hydrogens (primary N) is 1. The molecular weight excluding hydrogens is 204 g/mol. The highest BCUT2D eigenvalue weighted by Crippen LogP contribution is 2.09. The molecule has 0 fully saturated rings. The van der Waals surface area contributed by atoms with E-state index in [4.69, 9.17) is 5.73 Å². The lowest BCUT2D eigenvalue weighted by Crippen LogP contribution is -2.22. The van der Waals surface area contributed by atoms with E-state index in [2.05, 4.69) is 10.4 Å². The summed E-state index contributed by atoms with van der Waals surface area (Å²) in [6, 6.07) is 10.4. The molecule has 2 rings (SSSR count). The summed E-state index contributed by atoms with van der Waals surface area (Å²) in [5.41, 5.74) is 7.05. The molecule has 1 aromatic heterocycles. The van der Waals surface area contributed by atoms with Gasteiger partial charge in [-0.1, -0.05) is 18.2 Å². The van der Waals surface area contributed by atoms with Gasteiger partial charge in [0.1, 0.15) is 5.82 Å². The molecule has 1 amide bonds. The van der Waals surface area contributed by atoms with Crippen molar-refractivity contribution < 1.29 is 4.79 Å². The van der Waals surface area contributed by atoms with Gasteiger partial charge in [-0.05, 0) is 19.1 Å². The van der Waals surface area contributed by atoms with Gasteiger partial charge in [0.2, 0.25) is 0 Å². The minimum absolute atomic E-state index is 0.325. The first-order chi connectivity index (χ1) is 7.66. The third kappa shape index (κ3) is 2.03. The molecule has 0 aliphatic rings. The molecule has 0 atom stereocenters. The molecule has 5 heteroatoms. The Kier molecular flexibility index (Phi) is 2.59. The molecule has 1 aromatic carbocycles. The van der Waals surface area contributed by atoms with E-state index < -0.39 is 0 Å². The Morgan fingerprint density at radius 1 is 1.38 bits per heavy atom. The van der Waals surface area contributed by atoms with Crippen LogP contribution in [0.3, 0.4) is 0 Å². The first-order valence-electron chi connectivity index (χ1n) is 4.85. The lowest BCUT2D eigenvalue weighted by molar-refractivity contribution is 0.251. The highest BCUT2D eigenvalue weighted by molar-refractivity contribution is 5.92. The number of amides is 1. The van der Waals surface area contributed by atoms with E-state index in [0.29, 0.717) is 17.2 Å². The SMILES string of the molecule is Cc1cc(N)n(C(=O)Nc2ccccc2)n1. The van der Waals surface area contributed by atoms with E-state index in [1.165, 1.54) is 0 Å². The summed E-state index contributed by atoms with van der Waals surface area (Å²) in [7, 11) is 0. The van der Waals surface area contributed by atoms with Gasteiger partial charge in [-0.15, -0.1) is 0 Å². The first-order valence-corrected chi connectivity index (χ1v) is 4.85. The van der Waals surface area contributed by atoms with Gasteiger partial charge in [0.15, 0.2) is 0 Å². The van der Waals surface area contributed by atoms with Crippen molar-refractivity contribution in [1.82, 2.24) is 9.78 Å². The molecule has 2 aromatic rings. The smallest absolute Gasteiger partial charge is 0.348 e. The fourth-order valence-electron chi connectivity index (χ4n) is 1.38. The summed E-state index contributed by atoms with van der Waals surface area (Å²) >= 11 is 0. The van der Waals surface area contributed by atoms with Crippen molar-refractivity contribution in [3.05, 3.63) is 42.1 Å². The number of hydrogen-bond acceptors (Lipinski definition) is 3. The monoisotopic (exact) mass is 216 g/mol. The van der Waals surface area contributed by atoms with Crippen molar-refractivity contribution >= 4 is 17.5 Å². The lowest BCUT2D eigenvalue weighted by atomic mass is 10.3. The molecule has 0 bridgehead atoms. The minimum Gasteiger partial charge on any atom is -0.383 e. The van der Waals surface area contributed by atoms with Crippen molar-refractivity contribution in [2.24, 2.45) is 0 Å². The maximum Gasteiger partial charge on any atom is 0.348 e. The molecular formula is C11H12N4O. The van der Waals surface area contributed by atoms with Crippen LogP contribution in [0.2, 0.25) is 0 Å². The second kappa shape index (κ2) is 4.06. The maximum atomic E-state index is 11.8. The Labute approximate surface area is 92.9 Å². The van der Waals surface area contributed by atoms with Gasteiger partial charge in [-0.25, -0.2) is 4.79 Å². The first kappa shape index (κ1) is 10.2. The van der Waals surface area contributed by atoms with Crippen LogP contribution in [0.25, 0.3) is 0 Å². The number of anilines is 2. The predicted molar refractivity (Wildman–Crippen MR) is 62.2 cm³/mol. The number of nitrogens with zero attached hydrogens (tertiary/aromatic N) is 2. The van der Waals surface area contributed by atoms with E-state index in [9.17, 15) is 4.79 Å². The standard InChI is InChI=1S/C11H12N4O/c1-8-7-10(12)15(14-8)11(16)13-9-5-3-2-4-6-9/h2-7H,12H2,1H3,(H,13,16). The Hall–Kier alpha value is -2.30. The van der Waals surface area contributed by atoms with Crippen LogP contribution in [0.15, 0.2) is 36.4 Å². The van der Waals surface area contributed by atoms with Crippen LogP contribution in [0.1, 0.15) is 5.69 Å². The van der Waals surface area contributed by atoms with Gasteiger partial charge in [0.25, 0.3) is 0 Å². The number of carbonyl (C=O) groups is 1. The number of carbonyl (C=O) groups excluding carboxylic acids is 1. The molecule has 0 radical (unpaired) electrons. The molecule has 0 aliphatic carbocycles. The molecule has 16 heavy (non-hydrogen) atoms. The number of nitrogen functional groups attached to an aromatic ring is 1. The summed E-state index contributed by atoms with van der Waals surface area (Å²) in [4.78, 5) is 11.8. The fourth-order valence-corrected chi connectivity index (χ4v) is 1.38. The molecule has 82 valence electrons. The van der Waals surface area contributed by atoms with E-state index in [1.807, 2.05) is 18.2 Å². The number of benzene rings is 1. The normalized spacial score (nSPS) is 10.1. The third-order valence-electron chi connectivity index (χ3n) is 2.08. The summed E-state index contributed by atoms with van der Waals surface area (Å²) in [5.74, 6) is 0.325. The second-order valence-corrected chi connectivity index (χ2v) is 3.42. The average molecular weight is 216 g/mol. The molecule has 0 aliphatic heterocycles. The topological polar surface area (TPSA) is 72.9 Å². The molecule has 0 spiro atoms. The van der Waals surface area contributed by atoms with Gasteiger partial charge in [-0.2, -0.15) is 9.78 Å². The van der Waals surface area contributed by atoms with E-state index >= 15 is 0 Å². The second-order valence-electron chi connectivity index (χ2n) is 3.42. The zero-order valence-electron chi connectivity index (χ0n) is 8.84. The highest BCUT2D eigenvalue weighted by Gasteiger charge is 2.10. The van der Waals surface area contributed by atoms with Gasteiger partial charge in [0, 0.05) is 11.8 Å². The van der Waals surface area contributed by atoms with E-state index in [0.717, 1.165) is 4.68 Å². The molecule has 0 unspecified atom stereocenters. The molecule has 0 saturated carbocycles. The highest BCUT2D eigenvalue weighted by atomic mass is 16.2. The summed E-state index contributed by atoms with van der Waals surface area (Å²) in [5, 5.41) is 6.68. The number of hydrogen-bond donors (Lipinski definition) is 2. The van der Waals surface area contributed by atoms with Crippen molar-refractivity contribution in [2.75, 3.05) is 11.1 Å². The zero-order valence-corrected chi connectivity index (χ0v) is 8.84. The number of nitrogens with one attached hydrogen (secondary N) is 1. The van der Waals surface area contributed by atoms with Crippen LogP contribution < -0.4 is 11.1 Å². The lowest BCUT2D eigenvalue weighted by Gasteiger charge is -2.05. The number of para-hydroxylation sites is 1. The quantitative estimate of drug-likeness (QED) is 0.764. The molecule has 1 heterocycles. The Balaban J connectivity index is 2.18. The minimum atomic E-state index is -0.364. The fraction of sp³-hybridized carbons (Fsp3) is 0.0909. The van der Waals surface area contributed by atoms with Crippen molar-refractivity contribution in [1.29, 1.82) is 0 Å². The van der Waals surface area contributed by atoms with Crippen LogP contribution in [0, 0.1) is 6.92 Å². The Bertz CT molecular complexity index is 504.